The molecule has 0 aromatic heterocycles. The summed E-state index contributed by atoms with van der Waals surface area (Å²) in [6.07, 6.45) is 25.5. The highest BCUT2D eigenvalue weighted by Crippen LogP contribution is 2.38. The number of Topliss-reactive ketones (excluding diaryl/α,β-unsaturated/α-hetero) is 1. The van der Waals surface area contributed by atoms with Crippen molar-refractivity contribution in [1.82, 2.24) is 5.01 Å². The summed E-state index contributed by atoms with van der Waals surface area (Å²) in [5.41, 5.74) is 1.77. The van der Waals surface area contributed by atoms with Crippen LogP contribution in [0.15, 0.2) is 35.1 Å². The summed E-state index contributed by atoms with van der Waals surface area (Å²) in [5.74, 6) is 6.13. The monoisotopic (exact) mass is 514 g/mol. The number of carbonyl (C=O) groups is 2. The van der Waals surface area contributed by atoms with Gasteiger partial charge in [-0.25, -0.2) is 5.84 Å². The Labute approximate surface area is 229 Å². The number of amides is 1. The maximum atomic E-state index is 13.1. The number of ketones is 1. The fraction of sp³-hybridized carbons (Fsp3) is 0.758. The molecular formula is C33H58N2O2. The Balaban J connectivity index is 2.32. The molecule has 37 heavy (non-hydrogen) atoms. The molecule has 0 saturated heterocycles. The van der Waals surface area contributed by atoms with E-state index in [1.165, 1.54) is 88.5 Å². The summed E-state index contributed by atoms with van der Waals surface area (Å²) < 4.78 is 0. The summed E-state index contributed by atoms with van der Waals surface area (Å²) in [6.45, 7) is 14.5. The molecule has 0 aromatic rings. The predicted molar refractivity (Wildman–Crippen MR) is 159 cm³/mol. The quantitative estimate of drug-likeness (QED) is 0.0910. The molecule has 0 unspecified atom stereocenters. The first-order chi connectivity index (χ1) is 17.4. The van der Waals surface area contributed by atoms with Crippen molar-refractivity contribution in [3.05, 3.63) is 35.1 Å². The number of nitrogens with zero attached hydrogens (tertiary/aromatic N) is 1. The van der Waals surface area contributed by atoms with Gasteiger partial charge < -0.3 is 0 Å². The minimum absolute atomic E-state index is 0.0736. The fourth-order valence-corrected chi connectivity index (χ4v) is 4.85. The number of hydrogen-bond acceptors (Lipinski definition) is 3. The second-order valence-electron chi connectivity index (χ2n) is 13.1. The van der Waals surface area contributed by atoms with Gasteiger partial charge in [-0.1, -0.05) is 138 Å². The van der Waals surface area contributed by atoms with Crippen molar-refractivity contribution in [2.45, 2.75) is 151 Å². The van der Waals surface area contributed by atoms with Gasteiger partial charge in [-0.15, -0.1) is 0 Å². The zero-order valence-corrected chi connectivity index (χ0v) is 25.4. The Hall–Kier alpha value is -1.68. The van der Waals surface area contributed by atoms with E-state index in [2.05, 4.69) is 6.92 Å². The standard InChI is InChI=1S/C33H58N2O2/c1-8-9-10-11-12-13-14-15-16-17-18-19-20-21-22-23-30(36)35(34)26-27-24-28(32(2,3)4)31(37)29(25-27)33(5,6)7/h24-26H,8-23,34H2,1-7H3. The van der Waals surface area contributed by atoms with Crippen molar-refractivity contribution in [3.63, 3.8) is 0 Å². The van der Waals surface area contributed by atoms with Crippen LogP contribution >= 0.6 is 0 Å². The molecule has 0 atom stereocenters. The van der Waals surface area contributed by atoms with Crippen LogP contribution in [0.25, 0.3) is 0 Å². The minimum Gasteiger partial charge on any atom is -0.289 e. The number of nitrogens with two attached hydrogens (primary N) is 1. The highest BCUT2D eigenvalue weighted by Gasteiger charge is 2.34. The van der Waals surface area contributed by atoms with Gasteiger partial charge in [0.1, 0.15) is 0 Å². The van der Waals surface area contributed by atoms with Crippen molar-refractivity contribution < 1.29 is 9.59 Å². The summed E-state index contributed by atoms with van der Waals surface area (Å²) in [4.78, 5) is 25.7. The summed E-state index contributed by atoms with van der Waals surface area (Å²) in [5, 5.41) is 1.21. The second-order valence-corrected chi connectivity index (χ2v) is 13.1. The van der Waals surface area contributed by atoms with Crippen LogP contribution in [0.3, 0.4) is 0 Å². The predicted octanol–water partition coefficient (Wildman–Crippen LogP) is 9.36. The smallest absolute Gasteiger partial charge is 0.240 e. The number of hydrazine groups is 1. The van der Waals surface area contributed by atoms with E-state index in [0.29, 0.717) is 6.42 Å². The Bertz CT molecular complexity index is 754. The molecule has 0 bridgehead atoms. The lowest BCUT2D eigenvalue weighted by Gasteiger charge is -2.31. The van der Waals surface area contributed by atoms with Crippen LogP contribution in [0, 0.1) is 10.8 Å². The third-order valence-electron chi connectivity index (χ3n) is 7.30. The molecule has 4 heteroatoms. The lowest BCUT2D eigenvalue weighted by atomic mass is 9.72. The highest BCUT2D eigenvalue weighted by atomic mass is 16.2. The number of allylic oxidation sites excluding steroid dienone is 5. The van der Waals surface area contributed by atoms with Crippen molar-refractivity contribution >= 4 is 11.7 Å². The van der Waals surface area contributed by atoms with Crippen molar-refractivity contribution in [2.75, 3.05) is 0 Å². The first-order valence-corrected chi connectivity index (χ1v) is 15.2. The molecule has 0 saturated carbocycles. The van der Waals surface area contributed by atoms with E-state index >= 15 is 0 Å². The molecule has 1 rings (SSSR count). The summed E-state index contributed by atoms with van der Waals surface area (Å²) in [7, 11) is 0. The molecule has 1 aliphatic carbocycles. The molecule has 0 fully saturated rings. The molecule has 1 amide bonds. The van der Waals surface area contributed by atoms with E-state index in [1.807, 2.05) is 53.7 Å². The normalized spacial score (nSPS) is 14.5. The largest absolute Gasteiger partial charge is 0.289 e. The maximum Gasteiger partial charge on any atom is 0.240 e. The molecule has 0 radical (unpaired) electrons. The molecule has 212 valence electrons. The Morgan fingerprint density at radius 2 is 1.05 bits per heavy atom. The Morgan fingerprint density at radius 1 is 0.703 bits per heavy atom. The highest BCUT2D eigenvalue weighted by molar-refractivity contribution is 6.11. The van der Waals surface area contributed by atoms with Crippen LogP contribution in [-0.2, 0) is 9.59 Å². The van der Waals surface area contributed by atoms with Gasteiger partial charge in [0.05, 0.1) is 0 Å². The number of carbonyl (C=O) groups excluding carboxylic acids is 2. The summed E-state index contributed by atoms with van der Waals surface area (Å²) >= 11 is 0. The van der Waals surface area contributed by atoms with E-state index < -0.39 is 0 Å². The molecular weight excluding hydrogens is 456 g/mol. The average molecular weight is 515 g/mol. The second kappa shape index (κ2) is 17.0. The topological polar surface area (TPSA) is 63.4 Å². The third-order valence-corrected chi connectivity index (χ3v) is 7.30. The number of hydrogen-bond donors (Lipinski definition) is 1. The average Bonchev–Trinajstić information content (AvgIpc) is 2.80. The van der Waals surface area contributed by atoms with Gasteiger partial charge in [0.25, 0.3) is 0 Å². The van der Waals surface area contributed by atoms with Crippen LogP contribution < -0.4 is 5.84 Å². The molecule has 4 nitrogen and oxygen atoms in total. The van der Waals surface area contributed by atoms with Crippen LogP contribution in [0.5, 0.6) is 0 Å². The Kier molecular flexibility index (Phi) is 15.3. The van der Waals surface area contributed by atoms with Gasteiger partial charge in [0.15, 0.2) is 5.78 Å². The van der Waals surface area contributed by atoms with Gasteiger partial charge in [0, 0.05) is 23.8 Å². The van der Waals surface area contributed by atoms with Crippen LogP contribution in [-0.4, -0.2) is 16.7 Å². The SMILES string of the molecule is CCCCCCCCCCCCCCCCCC(=O)N(N)C=C1C=C(C(C)(C)C)C(=O)C(C(C)(C)C)=C1. The zero-order chi connectivity index (χ0) is 27.9. The first kappa shape index (κ1) is 33.3. The van der Waals surface area contributed by atoms with Crippen molar-refractivity contribution in [1.29, 1.82) is 0 Å². The van der Waals surface area contributed by atoms with Gasteiger partial charge in [-0.05, 0) is 35.0 Å². The maximum absolute atomic E-state index is 13.1. The van der Waals surface area contributed by atoms with Gasteiger partial charge in [0.2, 0.25) is 5.91 Å². The number of rotatable bonds is 17. The molecule has 0 spiro atoms. The minimum atomic E-state index is -0.280. The molecule has 1 aliphatic rings. The van der Waals surface area contributed by atoms with Crippen molar-refractivity contribution in [3.8, 4) is 0 Å². The lowest BCUT2D eigenvalue weighted by molar-refractivity contribution is -0.129. The zero-order valence-electron chi connectivity index (χ0n) is 25.4. The third kappa shape index (κ3) is 13.6. The van der Waals surface area contributed by atoms with Gasteiger partial charge in [-0.3, -0.25) is 14.6 Å². The van der Waals surface area contributed by atoms with Gasteiger partial charge in [-0.2, -0.15) is 0 Å². The van der Waals surface area contributed by atoms with Crippen molar-refractivity contribution in [2.24, 2.45) is 16.7 Å². The molecule has 0 aromatic carbocycles. The summed E-state index contributed by atoms with van der Waals surface area (Å²) in [6, 6.07) is 0. The first-order valence-electron chi connectivity index (χ1n) is 15.2. The van der Waals surface area contributed by atoms with E-state index in [0.717, 1.165) is 29.6 Å². The molecule has 2 N–H and O–H groups in total. The molecule has 0 heterocycles. The van der Waals surface area contributed by atoms with E-state index in [4.69, 9.17) is 5.84 Å². The van der Waals surface area contributed by atoms with E-state index in [-0.39, 0.29) is 22.5 Å². The van der Waals surface area contributed by atoms with Crippen LogP contribution in [0.1, 0.15) is 151 Å². The van der Waals surface area contributed by atoms with E-state index in [1.54, 1.807) is 6.20 Å². The Morgan fingerprint density at radius 3 is 1.41 bits per heavy atom. The fourth-order valence-electron chi connectivity index (χ4n) is 4.85. The lowest BCUT2D eigenvalue weighted by Crippen LogP contribution is -2.33. The molecule has 0 aliphatic heterocycles. The number of unbranched alkanes of at least 4 members (excludes halogenated alkanes) is 14. The van der Waals surface area contributed by atoms with Crippen LogP contribution in [0.2, 0.25) is 0 Å². The van der Waals surface area contributed by atoms with Crippen LogP contribution in [0.4, 0.5) is 0 Å². The van der Waals surface area contributed by atoms with E-state index in [9.17, 15) is 9.59 Å². The van der Waals surface area contributed by atoms with Gasteiger partial charge >= 0.3 is 0 Å².